The van der Waals surface area contributed by atoms with Crippen molar-refractivity contribution in [2.24, 2.45) is 0 Å². The number of aromatic nitrogens is 5. The number of nitrogens with zero attached hydrogens (tertiary/aromatic N) is 4. The summed E-state index contributed by atoms with van der Waals surface area (Å²) < 4.78 is 7.01. The summed E-state index contributed by atoms with van der Waals surface area (Å²) in [6.07, 6.45) is 0. The van der Waals surface area contributed by atoms with Crippen molar-refractivity contribution in [1.29, 1.82) is 0 Å². The van der Waals surface area contributed by atoms with Crippen LogP contribution in [0.4, 0.5) is 0 Å². The fourth-order valence-electron chi connectivity index (χ4n) is 4.39. The fraction of sp³-hybridized carbons (Fsp3) is 0.524. The van der Waals surface area contributed by atoms with Gasteiger partial charge in [0.05, 0.1) is 31.3 Å². The number of fused-ring (bicyclic) bond motifs is 1. The highest BCUT2D eigenvalue weighted by atomic mass is 16.5. The van der Waals surface area contributed by atoms with E-state index in [2.05, 4.69) is 46.6 Å². The van der Waals surface area contributed by atoms with Crippen molar-refractivity contribution in [3.05, 3.63) is 51.1 Å². The van der Waals surface area contributed by atoms with Crippen molar-refractivity contribution in [3.63, 3.8) is 0 Å². The number of nitrogens with one attached hydrogen (secondary N) is 3. The number of piperazine rings is 1. The van der Waals surface area contributed by atoms with Crippen LogP contribution in [0.2, 0.25) is 0 Å². The van der Waals surface area contributed by atoms with Crippen LogP contribution in [0.15, 0.2) is 23.0 Å². The van der Waals surface area contributed by atoms with E-state index >= 15 is 0 Å². The van der Waals surface area contributed by atoms with E-state index in [9.17, 15) is 4.79 Å². The van der Waals surface area contributed by atoms with E-state index in [0.29, 0.717) is 13.2 Å². The first-order valence-corrected chi connectivity index (χ1v) is 10.5. The lowest BCUT2D eigenvalue weighted by atomic mass is 9.99. The van der Waals surface area contributed by atoms with Crippen molar-refractivity contribution in [2.75, 3.05) is 46.9 Å². The van der Waals surface area contributed by atoms with Crippen LogP contribution in [0.3, 0.4) is 0 Å². The number of aryl methyl sites for hydroxylation is 2. The Labute approximate surface area is 175 Å². The van der Waals surface area contributed by atoms with Crippen molar-refractivity contribution in [1.82, 2.24) is 25.2 Å². The first kappa shape index (κ1) is 20.6. The number of hydrogen-bond donors (Lipinski definition) is 3. The highest BCUT2D eigenvalue weighted by Crippen LogP contribution is 2.23. The molecule has 0 spiro atoms. The first-order valence-electron chi connectivity index (χ1n) is 10.5. The van der Waals surface area contributed by atoms with Gasteiger partial charge in [0.15, 0.2) is 6.04 Å². The molecule has 0 radical (unpaired) electrons. The standard InChI is InChI=1S/C21H29N7O2/c1-14-5-6-15(2)18-16(14)13-17(21(29)22-18)19(27-9-7-26(3)8-10-27)20-23-24-25-28(20)11-12-30-4/h5-6,13,19H,7-12H2,1-4H3,(H,22,29)/p+2/t19-/m0/s1. The topological polar surface area (TPSA) is 94.6 Å². The lowest BCUT2D eigenvalue weighted by molar-refractivity contribution is -1.02. The van der Waals surface area contributed by atoms with Crippen LogP contribution in [0.1, 0.15) is 28.6 Å². The van der Waals surface area contributed by atoms with Crippen LogP contribution < -0.4 is 15.4 Å². The second-order valence-corrected chi connectivity index (χ2v) is 8.34. The van der Waals surface area contributed by atoms with Gasteiger partial charge < -0.3 is 19.5 Å². The van der Waals surface area contributed by atoms with Gasteiger partial charge in [-0.3, -0.25) is 4.79 Å². The van der Waals surface area contributed by atoms with E-state index in [-0.39, 0.29) is 11.6 Å². The molecule has 9 heteroatoms. The highest BCUT2D eigenvalue weighted by molar-refractivity contribution is 5.85. The van der Waals surface area contributed by atoms with E-state index < -0.39 is 0 Å². The summed E-state index contributed by atoms with van der Waals surface area (Å²) in [6.45, 7) is 9.18. The summed E-state index contributed by atoms with van der Waals surface area (Å²) in [5, 5.41) is 13.6. The molecule has 3 N–H and O–H groups in total. The number of hydrogen-bond acceptors (Lipinski definition) is 5. The third-order valence-corrected chi connectivity index (χ3v) is 6.26. The van der Waals surface area contributed by atoms with Gasteiger partial charge in [-0.25, -0.2) is 4.68 Å². The van der Waals surface area contributed by atoms with Crippen LogP contribution >= 0.6 is 0 Å². The lowest BCUT2D eigenvalue weighted by Crippen LogP contribution is -3.27. The van der Waals surface area contributed by atoms with Gasteiger partial charge in [0, 0.05) is 12.5 Å². The summed E-state index contributed by atoms with van der Waals surface area (Å²) in [5.41, 5.74) is 3.76. The number of ether oxygens (including phenoxy) is 1. The Hall–Kier alpha value is -2.62. The predicted molar refractivity (Wildman–Crippen MR) is 113 cm³/mol. The smallest absolute Gasteiger partial charge is 0.258 e. The minimum absolute atomic E-state index is 0.0683. The van der Waals surface area contributed by atoms with E-state index in [1.807, 2.05) is 13.0 Å². The molecule has 160 valence electrons. The Kier molecular flexibility index (Phi) is 5.94. The Balaban J connectivity index is 1.86. The number of rotatable bonds is 6. The largest absolute Gasteiger partial charge is 0.383 e. The molecule has 2 aromatic heterocycles. The van der Waals surface area contributed by atoms with Crippen LogP contribution in [0.25, 0.3) is 10.9 Å². The molecule has 3 heterocycles. The summed E-state index contributed by atoms with van der Waals surface area (Å²) >= 11 is 0. The normalized spacial score (nSPS) is 20.5. The summed E-state index contributed by atoms with van der Waals surface area (Å²) in [4.78, 5) is 19.3. The van der Waals surface area contributed by atoms with Gasteiger partial charge in [0.25, 0.3) is 5.56 Å². The zero-order valence-electron chi connectivity index (χ0n) is 18.2. The average Bonchev–Trinajstić information content (AvgIpc) is 3.19. The van der Waals surface area contributed by atoms with Crippen LogP contribution in [-0.4, -0.2) is 72.1 Å². The van der Waals surface area contributed by atoms with Crippen molar-refractivity contribution in [3.8, 4) is 0 Å². The monoisotopic (exact) mass is 413 g/mol. The van der Waals surface area contributed by atoms with Gasteiger partial charge in [-0.1, -0.05) is 12.1 Å². The lowest BCUT2D eigenvalue weighted by Gasteiger charge is -2.32. The molecule has 0 unspecified atom stereocenters. The van der Waals surface area contributed by atoms with Gasteiger partial charge in [0.2, 0.25) is 5.82 Å². The van der Waals surface area contributed by atoms with Crippen molar-refractivity contribution < 1.29 is 14.5 Å². The molecule has 1 saturated heterocycles. The number of tetrazole rings is 1. The Morgan fingerprint density at radius 2 is 1.93 bits per heavy atom. The number of quaternary nitrogens is 2. The van der Waals surface area contributed by atoms with Gasteiger partial charge >= 0.3 is 0 Å². The highest BCUT2D eigenvalue weighted by Gasteiger charge is 2.36. The van der Waals surface area contributed by atoms with Crippen molar-refractivity contribution >= 4 is 10.9 Å². The Morgan fingerprint density at radius 1 is 1.20 bits per heavy atom. The molecule has 30 heavy (non-hydrogen) atoms. The van der Waals surface area contributed by atoms with Gasteiger partial charge in [-0.15, -0.1) is 5.10 Å². The minimum Gasteiger partial charge on any atom is -0.383 e. The fourth-order valence-corrected chi connectivity index (χ4v) is 4.39. The maximum Gasteiger partial charge on any atom is 0.258 e. The molecule has 0 amide bonds. The Bertz CT molecular complexity index is 1080. The molecule has 4 rings (SSSR count). The molecule has 0 aliphatic carbocycles. The quantitative estimate of drug-likeness (QED) is 0.447. The molecule has 1 aliphatic rings. The van der Waals surface area contributed by atoms with Gasteiger partial charge in [-0.2, -0.15) is 0 Å². The third-order valence-electron chi connectivity index (χ3n) is 6.26. The number of benzene rings is 1. The molecule has 1 atom stereocenters. The van der Waals surface area contributed by atoms with Crippen LogP contribution in [0.5, 0.6) is 0 Å². The Morgan fingerprint density at radius 3 is 2.67 bits per heavy atom. The summed E-state index contributed by atoms with van der Waals surface area (Å²) in [7, 11) is 3.87. The third kappa shape index (κ3) is 3.88. The number of pyridine rings is 1. The molecule has 1 aromatic carbocycles. The number of methoxy groups -OCH3 is 1. The average molecular weight is 414 g/mol. The molecule has 1 fully saturated rings. The van der Waals surface area contributed by atoms with Crippen LogP contribution in [0, 0.1) is 13.8 Å². The SMILES string of the molecule is COCCn1nnnc1[C@H](c1cc2c(C)ccc(C)c2[nH]c1=O)[NH+]1CC[NH+](C)CC1. The molecule has 3 aromatic rings. The van der Waals surface area contributed by atoms with Gasteiger partial charge in [0.1, 0.15) is 26.2 Å². The molecule has 0 bridgehead atoms. The van der Waals surface area contributed by atoms with Crippen LogP contribution in [-0.2, 0) is 11.3 Å². The van der Waals surface area contributed by atoms with E-state index in [1.54, 1.807) is 11.8 Å². The molecule has 1 aliphatic heterocycles. The second-order valence-electron chi connectivity index (χ2n) is 8.34. The number of H-pyrrole nitrogens is 1. The first-order chi connectivity index (χ1) is 14.5. The molecule has 9 nitrogen and oxygen atoms in total. The second kappa shape index (κ2) is 8.63. The van der Waals surface area contributed by atoms with Gasteiger partial charge in [-0.05, 0) is 41.5 Å². The van der Waals surface area contributed by atoms with E-state index in [4.69, 9.17) is 4.74 Å². The van der Waals surface area contributed by atoms with E-state index in [1.165, 1.54) is 9.80 Å². The summed E-state index contributed by atoms with van der Waals surface area (Å²) in [6, 6.07) is 5.97. The number of likely N-dealkylation sites (N-methyl/N-ethyl adjacent to an activating group) is 1. The molecule has 0 saturated carbocycles. The summed E-state index contributed by atoms with van der Waals surface area (Å²) in [5.74, 6) is 0.719. The van der Waals surface area contributed by atoms with E-state index in [0.717, 1.165) is 59.6 Å². The zero-order valence-corrected chi connectivity index (χ0v) is 18.2. The maximum atomic E-state index is 13.3. The predicted octanol–water partition coefficient (Wildman–Crippen LogP) is -1.72. The number of aromatic amines is 1. The zero-order chi connectivity index (χ0) is 21.3. The van der Waals surface area contributed by atoms with Crippen molar-refractivity contribution in [2.45, 2.75) is 26.4 Å². The maximum absolute atomic E-state index is 13.3. The molecular formula is C21H31N7O2+2. The molecular weight excluding hydrogens is 382 g/mol. The minimum atomic E-state index is -0.224.